The Morgan fingerprint density at radius 1 is 1.37 bits per heavy atom. The predicted molar refractivity (Wildman–Crippen MR) is 68.7 cm³/mol. The summed E-state index contributed by atoms with van der Waals surface area (Å²) in [7, 11) is 0. The van der Waals surface area contributed by atoms with Crippen LogP contribution in [0.5, 0.6) is 5.75 Å². The van der Waals surface area contributed by atoms with Crippen LogP contribution in [0.25, 0.3) is 0 Å². The molecule has 5 heteroatoms. The van der Waals surface area contributed by atoms with E-state index in [1.807, 2.05) is 31.2 Å². The highest BCUT2D eigenvalue weighted by Crippen LogP contribution is 2.38. The van der Waals surface area contributed by atoms with E-state index in [9.17, 15) is 9.59 Å². The molecule has 2 N–H and O–H groups in total. The number of rotatable bonds is 6. The topological polar surface area (TPSA) is 75.6 Å². The van der Waals surface area contributed by atoms with Gasteiger partial charge in [0.2, 0.25) is 5.91 Å². The number of carbonyl (C=O) groups is 2. The summed E-state index contributed by atoms with van der Waals surface area (Å²) in [5.41, 5.74) is 0.894. The molecule has 0 heterocycles. The second kappa shape index (κ2) is 5.73. The first kappa shape index (κ1) is 13.4. The SMILES string of the molecule is CCOc1ccccc1CNC(=O)[C@H]1C[C@H]1C(=O)O. The van der Waals surface area contributed by atoms with Gasteiger partial charge in [0.25, 0.3) is 0 Å². The van der Waals surface area contributed by atoms with Crippen molar-refractivity contribution in [1.29, 1.82) is 0 Å². The van der Waals surface area contributed by atoms with Gasteiger partial charge in [0, 0.05) is 12.1 Å². The fraction of sp³-hybridized carbons (Fsp3) is 0.429. The number of carboxylic acid groups (broad SMARTS) is 1. The lowest BCUT2D eigenvalue weighted by Crippen LogP contribution is -2.26. The highest BCUT2D eigenvalue weighted by molar-refractivity contribution is 5.89. The summed E-state index contributed by atoms with van der Waals surface area (Å²) in [6, 6.07) is 7.48. The molecular formula is C14H17NO4. The molecule has 0 bridgehead atoms. The quantitative estimate of drug-likeness (QED) is 0.814. The summed E-state index contributed by atoms with van der Waals surface area (Å²) < 4.78 is 5.46. The van der Waals surface area contributed by atoms with Gasteiger partial charge < -0.3 is 15.2 Å². The van der Waals surface area contributed by atoms with E-state index in [1.54, 1.807) is 0 Å². The third-order valence-corrected chi connectivity index (χ3v) is 3.17. The summed E-state index contributed by atoms with van der Waals surface area (Å²) in [6.07, 6.45) is 0.439. The minimum atomic E-state index is -0.894. The number of ether oxygens (including phenoxy) is 1. The van der Waals surface area contributed by atoms with Crippen molar-refractivity contribution in [2.75, 3.05) is 6.61 Å². The van der Waals surface area contributed by atoms with Crippen LogP contribution in [0.3, 0.4) is 0 Å². The van der Waals surface area contributed by atoms with Crippen LogP contribution in [0.1, 0.15) is 18.9 Å². The van der Waals surface area contributed by atoms with Crippen molar-refractivity contribution in [1.82, 2.24) is 5.32 Å². The first-order valence-electron chi connectivity index (χ1n) is 6.34. The monoisotopic (exact) mass is 263 g/mol. The van der Waals surface area contributed by atoms with Crippen molar-refractivity contribution >= 4 is 11.9 Å². The molecule has 19 heavy (non-hydrogen) atoms. The smallest absolute Gasteiger partial charge is 0.307 e. The van der Waals surface area contributed by atoms with E-state index in [4.69, 9.17) is 9.84 Å². The molecule has 1 amide bonds. The van der Waals surface area contributed by atoms with Crippen molar-refractivity contribution in [3.8, 4) is 5.75 Å². The standard InChI is InChI=1S/C14H17NO4/c1-2-19-12-6-4-3-5-9(12)8-15-13(16)10-7-11(10)14(17)18/h3-6,10-11H,2,7-8H2,1H3,(H,15,16)(H,17,18)/t10-,11+/m0/s1. The third-order valence-electron chi connectivity index (χ3n) is 3.17. The maximum absolute atomic E-state index is 11.7. The highest BCUT2D eigenvalue weighted by Gasteiger charge is 2.48. The number of benzene rings is 1. The number of hydrogen-bond donors (Lipinski definition) is 2. The Balaban J connectivity index is 1.89. The van der Waals surface area contributed by atoms with Gasteiger partial charge in [-0.05, 0) is 19.4 Å². The number of aliphatic carboxylic acids is 1. The molecule has 1 aliphatic rings. The molecule has 1 saturated carbocycles. The molecule has 1 aromatic carbocycles. The Morgan fingerprint density at radius 2 is 2.11 bits per heavy atom. The van der Waals surface area contributed by atoms with Crippen LogP contribution < -0.4 is 10.1 Å². The number of para-hydroxylation sites is 1. The molecule has 102 valence electrons. The Morgan fingerprint density at radius 3 is 2.74 bits per heavy atom. The molecule has 1 aromatic rings. The molecule has 0 unspecified atom stereocenters. The zero-order chi connectivity index (χ0) is 13.8. The Bertz CT molecular complexity index is 486. The maximum Gasteiger partial charge on any atom is 0.307 e. The first-order chi connectivity index (χ1) is 9.13. The fourth-order valence-corrected chi connectivity index (χ4v) is 2.02. The van der Waals surface area contributed by atoms with E-state index >= 15 is 0 Å². The number of carboxylic acids is 1. The lowest BCUT2D eigenvalue weighted by atomic mass is 10.2. The molecule has 1 aliphatic carbocycles. The molecule has 5 nitrogen and oxygen atoms in total. The van der Waals surface area contributed by atoms with Gasteiger partial charge in [-0.3, -0.25) is 9.59 Å². The Labute approximate surface area is 111 Å². The van der Waals surface area contributed by atoms with Crippen molar-refractivity contribution in [2.24, 2.45) is 11.8 Å². The lowest BCUT2D eigenvalue weighted by molar-refractivity contribution is -0.140. The summed E-state index contributed by atoms with van der Waals surface area (Å²) in [5, 5.41) is 11.5. The van der Waals surface area contributed by atoms with Crippen LogP contribution in [0.15, 0.2) is 24.3 Å². The summed E-state index contributed by atoms with van der Waals surface area (Å²) in [4.78, 5) is 22.4. The summed E-state index contributed by atoms with van der Waals surface area (Å²) >= 11 is 0. The van der Waals surface area contributed by atoms with Crippen molar-refractivity contribution in [3.63, 3.8) is 0 Å². The summed E-state index contributed by atoms with van der Waals surface area (Å²) in [6.45, 7) is 2.82. The van der Waals surface area contributed by atoms with Crippen LogP contribution in [0, 0.1) is 11.8 Å². The predicted octanol–water partition coefficient (Wildman–Crippen LogP) is 1.42. The van der Waals surface area contributed by atoms with Gasteiger partial charge in [0.15, 0.2) is 0 Å². The Hall–Kier alpha value is -2.04. The zero-order valence-electron chi connectivity index (χ0n) is 10.8. The zero-order valence-corrected chi connectivity index (χ0v) is 10.8. The van der Waals surface area contributed by atoms with E-state index in [2.05, 4.69) is 5.32 Å². The average Bonchev–Trinajstić information content (AvgIpc) is 3.18. The molecule has 2 rings (SSSR count). The molecule has 0 spiro atoms. The van der Waals surface area contributed by atoms with Crippen LogP contribution in [-0.4, -0.2) is 23.6 Å². The first-order valence-corrected chi connectivity index (χ1v) is 6.34. The molecule has 0 aromatic heterocycles. The van der Waals surface area contributed by atoms with Crippen molar-refractivity contribution < 1.29 is 19.4 Å². The van der Waals surface area contributed by atoms with Crippen LogP contribution in [0.4, 0.5) is 0 Å². The molecule has 0 radical (unpaired) electrons. The fourth-order valence-electron chi connectivity index (χ4n) is 2.02. The van der Waals surface area contributed by atoms with Crippen LogP contribution >= 0.6 is 0 Å². The Kier molecular flexibility index (Phi) is 4.04. The van der Waals surface area contributed by atoms with Gasteiger partial charge in [-0.25, -0.2) is 0 Å². The molecule has 1 fully saturated rings. The second-order valence-electron chi connectivity index (χ2n) is 4.55. The van der Waals surface area contributed by atoms with Gasteiger partial charge in [-0.15, -0.1) is 0 Å². The van der Waals surface area contributed by atoms with Gasteiger partial charge >= 0.3 is 5.97 Å². The van der Waals surface area contributed by atoms with Gasteiger partial charge in [-0.1, -0.05) is 18.2 Å². The average molecular weight is 263 g/mol. The van der Waals surface area contributed by atoms with Gasteiger partial charge in [0.1, 0.15) is 5.75 Å². The van der Waals surface area contributed by atoms with E-state index in [-0.39, 0.29) is 11.8 Å². The number of nitrogens with one attached hydrogen (secondary N) is 1. The molecule has 0 saturated heterocycles. The minimum Gasteiger partial charge on any atom is -0.494 e. The van der Waals surface area contributed by atoms with Gasteiger partial charge in [-0.2, -0.15) is 0 Å². The third kappa shape index (κ3) is 3.24. The van der Waals surface area contributed by atoms with E-state index in [1.165, 1.54) is 0 Å². The van der Waals surface area contributed by atoms with E-state index in [0.717, 1.165) is 11.3 Å². The highest BCUT2D eigenvalue weighted by atomic mass is 16.5. The van der Waals surface area contributed by atoms with Crippen molar-refractivity contribution in [2.45, 2.75) is 19.9 Å². The minimum absolute atomic E-state index is 0.196. The van der Waals surface area contributed by atoms with Crippen LogP contribution in [0.2, 0.25) is 0 Å². The normalized spacial score (nSPS) is 20.7. The summed E-state index contributed by atoms with van der Waals surface area (Å²) in [5.74, 6) is -1.23. The number of amides is 1. The number of carbonyl (C=O) groups excluding carboxylic acids is 1. The van der Waals surface area contributed by atoms with E-state index in [0.29, 0.717) is 19.6 Å². The van der Waals surface area contributed by atoms with Crippen molar-refractivity contribution in [3.05, 3.63) is 29.8 Å². The van der Waals surface area contributed by atoms with Gasteiger partial charge in [0.05, 0.1) is 18.4 Å². The molecule has 2 atom stereocenters. The number of hydrogen-bond acceptors (Lipinski definition) is 3. The second-order valence-corrected chi connectivity index (χ2v) is 4.55. The van der Waals surface area contributed by atoms with Crippen LogP contribution in [-0.2, 0) is 16.1 Å². The molecular weight excluding hydrogens is 246 g/mol. The molecule has 0 aliphatic heterocycles. The van der Waals surface area contributed by atoms with E-state index < -0.39 is 11.9 Å². The maximum atomic E-state index is 11.7. The largest absolute Gasteiger partial charge is 0.494 e. The lowest BCUT2D eigenvalue weighted by Gasteiger charge is -2.10.